The van der Waals surface area contributed by atoms with Crippen LogP contribution in [0.5, 0.6) is 0 Å². The third kappa shape index (κ3) is 3.86. The van der Waals surface area contributed by atoms with Crippen molar-refractivity contribution in [2.75, 3.05) is 20.3 Å². The number of allylic oxidation sites excluding steroid dienone is 1. The maximum absolute atomic E-state index is 12.3. The largest absolute Gasteiger partial charge is 0.460 e. The predicted octanol–water partition coefficient (Wildman–Crippen LogP) is 2.27. The number of carbonyl (C=O) groups is 2. The quantitative estimate of drug-likeness (QED) is 0.617. The van der Waals surface area contributed by atoms with Gasteiger partial charge in [0.1, 0.15) is 6.61 Å². The summed E-state index contributed by atoms with van der Waals surface area (Å²) in [6.45, 7) is 2.16. The first kappa shape index (κ1) is 16.5. The van der Waals surface area contributed by atoms with Gasteiger partial charge in [-0.25, -0.2) is 9.59 Å². The van der Waals surface area contributed by atoms with E-state index in [1.165, 1.54) is 7.11 Å². The van der Waals surface area contributed by atoms with Crippen molar-refractivity contribution in [2.45, 2.75) is 13.0 Å². The number of methoxy groups -OCH3 is 1. The van der Waals surface area contributed by atoms with Crippen LogP contribution in [0.25, 0.3) is 0 Å². The number of hydrogen-bond donors (Lipinski definition) is 2. The molecule has 2 N–H and O–H groups in total. The maximum atomic E-state index is 12.3. The molecule has 0 saturated carbocycles. The third-order valence-electron chi connectivity index (χ3n) is 3.21. The molecule has 0 saturated heterocycles. The predicted molar refractivity (Wildman–Crippen MR) is 84.1 cm³/mol. The van der Waals surface area contributed by atoms with E-state index in [1.807, 2.05) is 24.3 Å². The normalized spacial score (nSPS) is 17.8. The molecule has 0 bridgehead atoms. The SMILES string of the molecule is COCCOC(=O)C1=C(C)NC(=O)NC1c1ccc(Br)cc1. The Bertz CT molecular complexity index is 598. The minimum absolute atomic E-state index is 0.160. The Balaban J connectivity index is 2.28. The van der Waals surface area contributed by atoms with E-state index in [9.17, 15) is 9.59 Å². The molecule has 2 amide bonds. The van der Waals surface area contributed by atoms with E-state index in [1.54, 1.807) is 6.92 Å². The van der Waals surface area contributed by atoms with Gasteiger partial charge in [-0.15, -0.1) is 0 Å². The van der Waals surface area contributed by atoms with Crippen molar-refractivity contribution in [1.29, 1.82) is 0 Å². The monoisotopic (exact) mass is 368 g/mol. The molecule has 1 aliphatic heterocycles. The van der Waals surface area contributed by atoms with Crippen LogP contribution in [0.1, 0.15) is 18.5 Å². The number of ether oxygens (including phenoxy) is 2. The Hall–Kier alpha value is -1.86. The number of esters is 1. The van der Waals surface area contributed by atoms with Crippen LogP contribution < -0.4 is 10.6 Å². The molecule has 1 aliphatic rings. The van der Waals surface area contributed by atoms with Gasteiger partial charge >= 0.3 is 12.0 Å². The van der Waals surface area contributed by atoms with Gasteiger partial charge in [0.25, 0.3) is 0 Å². The van der Waals surface area contributed by atoms with Gasteiger partial charge in [0.05, 0.1) is 18.2 Å². The summed E-state index contributed by atoms with van der Waals surface area (Å²) in [6, 6.07) is 6.50. The first-order valence-corrected chi connectivity index (χ1v) is 7.52. The van der Waals surface area contributed by atoms with E-state index in [-0.39, 0.29) is 12.6 Å². The molecule has 1 heterocycles. The molecule has 0 radical (unpaired) electrons. The highest BCUT2D eigenvalue weighted by molar-refractivity contribution is 9.10. The topological polar surface area (TPSA) is 76.7 Å². The Labute approximate surface area is 137 Å². The molecule has 1 unspecified atom stereocenters. The van der Waals surface area contributed by atoms with E-state index >= 15 is 0 Å². The highest BCUT2D eigenvalue weighted by Crippen LogP contribution is 2.28. The molecule has 7 heteroatoms. The Kier molecular flexibility index (Phi) is 5.57. The van der Waals surface area contributed by atoms with Gasteiger partial charge in [0, 0.05) is 17.3 Å². The second kappa shape index (κ2) is 7.42. The van der Waals surface area contributed by atoms with Crippen LogP contribution in [-0.4, -0.2) is 32.3 Å². The van der Waals surface area contributed by atoms with E-state index in [0.29, 0.717) is 17.9 Å². The van der Waals surface area contributed by atoms with Crippen molar-refractivity contribution in [2.24, 2.45) is 0 Å². The average molecular weight is 369 g/mol. The molecular weight excluding hydrogens is 352 g/mol. The second-order valence-corrected chi connectivity index (χ2v) is 5.67. The number of nitrogens with one attached hydrogen (secondary N) is 2. The summed E-state index contributed by atoms with van der Waals surface area (Å²) < 4.78 is 11.0. The number of benzene rings is 1. The van der Waals surface area contributed by atoms with Gasteiger partial charge in [-0.3, -0.25) is 0 Å². The number of carbonyl (C=O) groups excluding carboxylic acids is 2. The molecule has 0 aromatic heterocycles. The van der Waals surface area contributed by atoms with Gasteiger partial charge in [-0.1, -0.05) is 28.1 Å². The van der Waals surface area contributed by atoms with Crippen LogP contribution in [0, 0.1) is 0 Å². The fourth-order valence-corrected chi connectivity index (χ4v) is 2.43. The lowest BCUT2D eigenvalue weighted by Crippen LogP contribution is -2.45. The summed E-state index contributed by atoms with van der Waals surface area (Å²) in [6.07, 6.45) is 0. The van der Waals surface area contributed by atoms with Crippen molar-refractivity contribution < 1.29 is 19.1 Å². The molecule has 1 atom stereocenters. The highest BCUT2D eigenvalue weighted by atomic mass is 79.9. The minimum atomic E-state index is -0.545. The van der Waals surface area contributed by atoms with Crippen molar-refractivity contribution in [1.82, 2.24) is 10.6 Å². The maximum Gasteiger partial charge on any atom is 0.338 e. The summed E-state index contributed by atoms with van der Waals surface area (Å²) in [5, 5.41) is 5.35. The number of urea groups is 1. The molecular formula is C15H17BrN2O4. The van der Waals surface area contributed by atoms with E-state index in [2.05, 4.69) is 26.6 Å². The van der Waals surface area contributed by atoms with Crippen molar-refractivity contribution in [3.8, 4) is 0 Å². The Morgan fingerprint density at radius 2 is 1.95 bits per heavy atom. The fourth-order valence-electron chi connectivity index (χ4n) is 2.17. The number of rotatable bonds is 5. The molecule has 1 aromatic rings. The fraction of sp³-hybridized carbons (Fsp3) is 0.333. The summed E-state index contributed by atoms with van der Waals surface area (Å²) in [5.74, 6) is -0.477. The lowest BCUT2D eigenvalue weighted by Gasteiger charge is -2.28. The Morgan fingerprint density at radius 3 is 2.59 bits per heavy atom. The second-order valence-electron chi connectivity index (χ2n) is 4.75. The van der Waals surface area contributed by atoms with Gasteiger partial charge in [-0.05, 0) is 24.6 Å². The van der Waals surface area contributed by atoms with Gasteiger partial charge < -0.3 is 20.1 Å². The zero-order chi connectivity index (χ0) is 16.1. The smallest absolute Gasteiger partial charge is 0.338 e. The molecule has 0 fully saturated rings. The van der Waals surface area contributed by atoms with Crippen LogP contribution >= 0.6 is 15.9 Å². The lowest BCUT2D eigenvalue weighted by atomic mass is 9.96. The molecule has 118 valence electrons. The number of amides is 2. The van der Waals surface area contributed by atoms with E-state index in [0.717, 1.165) is 10.0 Å². The van der Waals surface area contributed by atoms with Crippen LogP contribution in [0.4, 0.5) is 4.79 Å². The molecule has 2 rings (SSSR count). The van der Waals surface area contributed by atoms with Gasteiger partial charge in [0.2, 0.25) is 0 Å². The lowest BCUT2D eigenvalue weighted by molar-refractivity contribution is -0.140. The molecule has 22 heavy (non-hydrogen) atoms. The summed E-state index contributed by atoms with van der Waals surface area (Å²) in [4.78, 5) is 24.0. The summed E-state index contributed by atoms with van der Waals surface area (Å²) in [7, 11) is 1.53. The molecule has 0 aliphatic carbocycles. The van der Waals surface area contributed by atoms with Crippen LogP contribution in [0.2, 0.25) is 0 Å². The molecule has 1 aromatic carbocycles. The summed E-state index contributed by atoms with van der Waals surface area (Å²) in [5.41, 5.74) is 1.67. The van der Waals surface area contributed by atoms with E-state index in [4.69, 9.17) is 9.47 Å². The number of hydrogen-bond acceptors (Lipinski definition) is 4. The molecule has 0 spiro atoms. The minimum Gasteiger partial charge on any atom is -0.460 e. The van der Waals surface area contributed by atoms with Crippen molar-refractivity contribution in [3.05, 3.63) is 45.6 Å². The van der Waals surface area contributed by atoms with E-state index < -0.39 is 12.0 Å². The standard InChI is InChI=1S/C15H17BrN2O4/c1-9-12(14(19)22-8-7-21-2)13(18-15(20)17-9)10-3-5-11(16)6-4-10/h3-6,13H,7-8H2,1-2H3,(H2,17,18,20). The van der Waals surface area contributed by atoms with Crippen molar-refractivity contribution in [3.63, 3.8) is 0 Å². The molecule has 6 nitrogen and oxygen atoms in total. The first-order valence-electron chi connectivity index (χ1n) is 6.72. The average Bonchev–Trinajstić information content (AvgIpc) is 2.47. The first-order chi connectivity index (χ1) is 10.5. The van der Waals surface area contributed by atoms with Crippen LogP contribution in [0.3, 0.4) is 0 Å². The van der Waals surface area contributed by atoms with Gasteiger partial charge in [0.15, 0.2) is 0 Å². The van der Waals surface area contributed by atoms with Crippen molar-refractivity contribution >= 4 is 27.9 Å². The third-order valence-corrected chi connectivity index (χ3v) is 3.74. The highest BCUT2D eigenvalue weighted by Gasteiger charge is 2.32. The van der Waals surface area contributed by atoms with Crippen LogP contribution in [0.15, 0.2) is 40.0 Å². The Morgan fingerprint density at radius 1 is 1.27 bits per heavy atom. The zero-order valence-electron chi connectivity index (χ0n) is 12.3. The summed E-state index contributed by atoms with van der Waals surface area (Å²) >= 11 is 3.36. The van der Waals surface area contributed by atoms with Gasteiger partial charge in [-0.2, -0.15) is 0 Å². The zero-order valence-corrected chi connectivity index (χ0v) is 13.9. The van der Waals surface area contributed by atoms with Crippen LogP contribution in [-0.2, 0) is 14.3 Å². The number of halogens is 1.